The SMILES string of the molecule is COC(=O)CC([CH-]O)c1ccc[c]([Al])c1.[CH3-].[U+2]. The summed E-state index contributed by atoms with van der Waals surface area (Å²) in [4.78, 5) is 11.1. The van der Waals surface area contributed by atoms with Crippen LogP contribution in [0.15, 0.2) is 24.3 Å². The van der Waals surface area contributed by atoms with Crippen LogP contribution in [0, 0.1) is 45.1 Å². The van der Waals surface area contributed by atoms with Crippen molar-refractivity contribution in [3.63, 3.8) is 0 Å². The number of rotatable bonds is 4. The molecule has 0 heterocycles. The molecule has 88 valence electrons. The molecule has 0 saturated heterocycles. The predicted octanol–water partition coefficient (Wildman–Crippen LogP) is 1.11. The van der Waals surface area contributed by atoms with E-state index in [9.17, 15) is 4.79 Å². The van der Waals surface area contributed by atoms with E-state index in [1.54, 1.807) is 0 Å². The van der Waals surface area contributed by atoms with Gasteiger partial charge in [-0.3, -0.25) is 4.79 Å². The maximum absolute atomic E-state index is 11.1. The topological polar surface area (TPSA) is 46.5 Å². The molecule has 17 heavy (non-hydrogen) atoms. The number of hydrogen-bond donors (Lipinski definition) is 1. The summed E-state index contributed by atoms with van der Waals surface area (Å²) < 4.78 is 5.58. The van der Waals surface area contributed by atoms with Gasteiger partial charge in [-0.05, 0) is 0 Å². The van der Waals surface area contributed by atoms with Crippen molar-refractivity contribution < 1.29 is 45.8 Å². The van der Waals surface area contributed by atoms with Gasteiger partial charge < -0.3 is 17.3 Å². The number of esters is 1. The zero-order chi connectivity index (χ0) is 11.3. The molecule has 0 aliphatic heterocycles. The Bertz CT molecular complexity index is 344. The average Bonchev–Trinajstić information content (AvgIpc) is 2.25. The van der Waals surface area contributed by atoms with Gasteiger partial charge in [0.2, 0.25) is 0 Å². The molecule has 1 aromatic rings. The Balaban J connectivity index is 0. The van der Waals surface area contributed by atoms with Crippen LogP contribution in [0.1, 0.15) is 17.9 Å². The van der Waals surface area contributed by atoms with E-state index in [1.807, 2.05) is 24.3 Å². The largest absolute Gasteiger partial charge is 2.00 e. The van der Waals surface area contributed by atoms with Crippen LogP contribution in [-0.4, -0.2) is 34.5 Å². The predicted molar refractivity (Wildman–Crippen MR) is 63.9 cm³/mol. The standard InChI is InChI=1S/C11H12O3.CH3.Al.U/c1-14-11(13)7-10(8-12)9-5-3-2-4-6-9;;;/h2-3,5-6,8,10,12H,7H2,1H3;1H3;;/q2*-1;;+2. The smallest absolute Gasteiger partial charge is 0.565 e. The molecule has 1 aromatic carbocycles. The van der Waals surface area contributed by atoms with Crippen LogP contribution in [-0.2, 0) is 9.53 Å². The number of carbonyl (C=O) groups is 1. The molecule has 1 rings (SSSR count). The van der Waals surface area contributed by atoms with Crippen LogP contribution >= 0.6 is 0 Å². The molecule has 1 N–H and O–H groups in total. The van der Waals surface area contributed by atoms with Crippen LogP contribution in [0.25, 0.3) is 0 Å². The minimum absolute atomic E-state index is 0. The number of aliphatic hydroxyl groups excluding tert-OH is 1. The number of methoxy groups -OCH3 is 1. The molecule has 5 heteroatoms. The van der Waals surface area contributed by atoms with Crippen molar-refractivity contribution in [2.45, 2.75) is 12.3 Å². The molecular formula is C12H15AlO3U. The van der Waals surface area contributed by atoms with E-state index >= 15 is 0 Å². The zero-order valence-corrected chi connectivity index (χ0v) is 15.3. The fourth-order valence-corrected chi connectivity index (χ4v) is 1.61. The molecule has 0 amide bonds. The summed E-state index contributed by atoms with van der Waals surface area (Å²) in [7, 11) is 1.34. The molecule has 1 unspecified atom stereocenters. The van der Waals surface area contributed by atoms with Crippen LogP contribution in [0.4, 0.5) is 0 Å². The van der Waals surface area contributed by atoms with Gasteiger partial charge in [0.05, 0.1) is 7.11 Å². The molecule has 0 bridgehead atoms. The second-order valence-corrected chi connectivity index (χ2v) is 3.87. The Morgan fingerprint density at radius 2 is 2.24 bits per heavy atom. The first-order valence-electron chi connectivity index (χ1n) is 4.57. The van der Waals surface area contributed by atoms with E-state index in [-0.39, 0.29) is 56.8 Å². The van der Waals surface area contributed by atoms with E-state index in [0.29, 0.717) is 0 Å². The van der Waals surface area contributed by atoms with Crippen molar-refractivity contribution in [1.82, 2.24) is 0 Å². The van der Waals surface area contributed by atoms with Crippen molar-refractivity contribution in [1.29, 1.82) is 0 Å². The van der Waals surface area contributed by atoms with E-state index in [2.05, 4.69) is 21.0 Å². The van der Waals surface area contributed by atoms with Crippen LogP contribution in [0.3, 0.4) is 0 Å². The Labute approximate surface area is 135 Å². The normalized spacial score (nSPS) is 10.7. The first-order valence-corrected chi connectivity index (χ1v) is 5.15. The quantitative estimate of drug-likeness (QED) is 0.406. The molecule has 2 radical (unpaired) electrons. The summed E-state index contributed by atoms with van der Waals surface area (Å²) in [5, 5.41) is 9.08. The van der Waals surface area contributed by atoms with E-state index in [0.717, 1.165) is 16.6 Å². The first-order chi connectivity index (χ1) is 7.17. The second-order valence-electron chi connectivity index (χ2n) is 3.21. The number of benzene rings is 1. The Morgan fingerprint density at radius 1 is 1.59 bits per heavy atom. The third kappa shape index (κ3) is 6.65. The third-order valence-electron chi connectivity index (χ3n) is 2.13. The van der Waals surface area contributed by atoms with Crippen molar-refractivity contribution >= 4 is 26.7 Å². The number of aliphatic hydroxyl groups is 1. The van der Waals surface area contributed by atoms with E-state index in [4.69, 9.17) is 5.11 Å². The first kappa shape index (κ1) is 19.6. The Hall–Kier alpha value is 0.234. The van der Waals surface area contributed by atoms with E-state index in [1.165, 1.54) is 7.11 Å². The zero-order valence-electron chi connectivity index (χ0n) is 10.0. The maximum Gasteiger partial charge on any atom is 2.00 e. The monoisotopic (exact) mass is 472 g/mol. The fourth-order valence-electron chi connectivity index (χ4n) is 1.31. The van der Waals surface area contributed by atoms with Crippen LogP contribution in [0.5, 0.6) is 0 Å². The fraction of sp³-hybridized carbons (Fsp3) is 0.250. The number of carbonyl (C=O) groups excluding carboxylic acids is 1. The van der Waals surface area contributed by atoms with E-state index < -0.39 is 0 Å². The summed E-state index contributed by atoms with van der Waals surface area (Å²) in [5.74, 6) is -0.641. The molecule has 0 aliphatic rings. The number of ether oxygens (including phenoxy) is 1. The third-order valence-corrected chi connectivity index (χ3v) is 2.49. The summed E-state index contributed by atoms with van der Waals surface area (Å²) in [6, 6.07) is 7.59. The molecule has 0 fully saturated rings. The summed E-state index contributed by atoms with van der Waals surface area (Å²) in [6.45, 7) is 1.02. The second kappa shape index (κ2) is 10.2. The van der Waals surface area contributed by atoms with Crippen molar-refractivity contribution in [3.05, 3.63) is 43.9 Å². The number of hydrogen-bond acceptors (Lipinski definition) is 3. The molecule has 0 aromatic heterocycles. The van der Waals surface area contributed by atoms with Gasteiger partial charge in [-0.2, -0.15) is 0 Å². The summed E-state index contributed by atoms with van der Waals surface area (Å²) in [5.41, 5.74) is 0.899. The molecule has 0 saturated carbocycles. The van der Waals surface area contributed by atoms with Gasteiger partial charge in [0.25, 0.3) is 0 Å². The molecule has 3 nitrogen and oxygen atoms in total. The van der Waals surface area contributed by atoms with Crippen LogP contribution < -0.4 is 4.43 Å². The average molecular weight is 472 g/mol. The van der Waals surface area contributed by atoms with Gasteiger partial charge in [0, 0.05) is 6.42 Å². The summed E-state index contributed by atoms with van der Waals surface area (Å²) in [6.07, 6.45) is 0.154. The van der Waals surface area contributed by atoms with Crippen molar-refractivity contribution in [2.75, 3.05) is 7.11 Å². The van der Waals surface area contributed by atoms with Gasteiger partial charge in [0.15, 0.2) is 16.3 Å². The molecule has 0 aliphatic carbocycles. The molecule has 1 atom stereocenters. The summed E-state index contributed by atoms with van der Waals surface area (Å²) >= 11 is 2.57. The van der Waals surface area contributed by atoms with Crippen LogP contribution in [0.2, 0.25) is 0 Å². The van der Waals surface area contributed by atoms with Gasteiger partial charge >= 0.3 is 37.1 Å². The van der Waals surface area contributed by atoms with Crippen molar-refractivity contribution in [3.8, 4) is 0 Å². The van der Waals surface area contributed by atoms with Gasteiger partial charge in [-0.15, -0.1) is 10.3 Å². The van der Waals surface area contributed by atoms with Crippen molar-refractivity contribution in [2.24, 2.45) is 0 Å². The van der Waals surface area contributed by atoms with Gasteiger partial charge in [-0.25, -0.2) is 6.61 Å². The minimum Gasteiger partial charge on any atom is -0.565 e. The molecular weight excluding hydrogens is 457 g/mol. The molecule has 0 spiro atoms. The van der Waals surface area contributed by atoms with Gasteiger partial charge in [0.1, 0.15) is 0 Å². The minimum atomic E-state index is -0.334. The maximum atomic E-state index is 11.1. The van der Waals surface area contributed by atoms with Gasteiger partial charge in [-0.1, -0.05) is 29.8 Å². The Morgan fingerprint density at radius 3 is 2.71 bits per heavy atom. The Kier molecular flexibility index (Phi) is 11.7.